The summed E-state index contributed by atoms with van der Waals surface area (Å²) >= 11 is 0. The maximum absolute atomic E-state index is 10.0. The molecule has 0 fully saturated rings. The van der Waals surface area contributed by atoms with Crippen molar-refractivity contribution in [2.75, 3.05) is 6.61 Å². The summed E-state index contributed by atoms with van der Waals surface area (Å²) in [7, 11) is 0. The first-order valence-electron chi connectivity index (χ1n) is 3.17. The number of rotatable bonds is 4. The summed E-state index contributed by atoms with van der Waals surface area (Å²) in [6.45, 7) is -0.138. The van der Waals surface area contributed by atoms with Gasteiger partial charge in [0.2, 0.25) is 6.41 Å². The third-order valence-electron chi connectivity index (χ3n) is 1.35. The number of carbonyl (C=O) groups is 1. The summed E-state index contributed by atoms with van der Waals surface area (Å²) in [5.41, 5.74) is 0.694. The Morgan fingerprint density at radius 3 is 3.18 bits per heavy atom. The van der Waals surface area contributed by atoms with Crippen molar-refractivity contribution in [2.45, 2.75) is 6.04 Å². The van der Waals surface area contributed by atoms with Crippen molar-refractivity contribution in [1.29, 1.82) is 0 Å². The molecule has 0 aliphatic heterocycles. The lowest BCUT2D eigenvalue weighted by atomic mass is 10.2. The van der Waals surface area contributed by atoms with E-state index >= 15 is 0 Å². The molecule has 0 saturated carbocycles. The molecule has 1 rings (SSSR count). The van der Waals surface area contributed by atoms with Gasteiger partial charge in [-0.2, -0.15) is 0 Å². The fourth-order valence-electron chi connectivity index (χ4n) is 0.780. The van der Waals surface area contributed by atoms with Crippen LogP contribution in [0.25, 0.3) is 0 Å². The third kappa shape index (κ3) is 1.78. The lowest BCUT2D eigenvalue weighted by molar-refractivity contribution is -0.110. The Kier molecular flexibility index (Phi) is 2.62. The molecule has 1 amide bonds. The van der Waals surface area contributed by atoms with E-state index in [0.717, 1.165) is 0 Å². The van der Waals surface area contributed by atoms with Crippen LogP contribution in [-0.4, -0.2) is 28.1 Å². The molecule has 0 radical (unpaired) electrons. The monoisotopic (exact) mass is 155 g/mol. The highest BCUT2D eigenvalue weighted by Crippen LogP contribution is 2.05. The van der Waals surface area contributed by atoms with Gasteiger partial charge in [0, 0.05) is 0 Å². The zero-order valence-electron chi connectivity index (χ0n) is 5.82. The Morgan fingerprint density at radius 1 is 1.91 bits per heavy atom. The van der Waals surface area contributed by atoms with Gasteiger partial charge in [-0.25, -0.2) is 4.98 Å². The fourth-order valence-corrected chi connectivity index (χ4v) is 0.780. The average Bonchev–Trinajstić information content (AvgIpc) is 2.52. The predicted octanol–water partition coefficient (Wildman–Crippen LogP) is -0.811. The van der Waals surface area contributed by atoms with Crippen LogP contribution in [0.4, 0.5) is 0 Å². The SMILES string of the molecule is O=CN[C@@H](CO)c1cnc[nH]1. The van der Waals surface area contributed by atoms with Gasteiger partial charge >= 0.3 is 0 Å². The van der Waals surface area contributed by atoms with Gasteiger partial charge < -0.3 is 15.4 Å². The smallest absolute Gasteiger partial charge is 0.207 e. The Labute approximate surface area is 63.5 Å². The van der Waals surface area contributed by atoms with E-state index in [9.17, 15) is 4.79 Å². The van der Waals surface area contributed by atoms with Gasteiger partial charge in [0.1, 0.15) is 0 Å². The van der Waals surface area contributed by atoms with E-state index < -0.39 is 0 Å². The molecule has 0 spiro atoms. The molecule has 1 aromatic rings. The summed E-state index contributed by atoms with van der Waals surface area (Å²) in [6.07, 6.45) is 3.59. The molecule has 0 aliphatic rings. The molecule has 1 atom stereocenters. The summed E-state index contributed by atoms with van der Waals surface area (Å²) in [5.74, 6) is 0. The number of carbonyl (C=O) groups excluding carboxylic acids is 1. The zero-order chi connectivity index (χ0) is 8.10. The largest absolute Gasteiger partial charge is 0.394 e. The molecule has 0 aromatic carbocycles. The number of nitrogens with zero attached hydrogens (tertiary/aromatic N) is 1. The number of aromatic nitrogens is 2. The van der Waals surface area contributed by atoms with Crippen molar-refractivity contribution < 1.29 is 9.90 Å². The number of amides is 1. The van der Waals surface area contributed by atoms with Crippen LogP contribution in [0.5, 0.6) is 0 Å². The van der Waals surface area contributed by atoms with Gasteiger partial charge in [-0.3, -0.25) is 4.79 Å². The van der Waals surface area contributed by atoms with Crippen LogP contribution in [0.2, 0.25) is 0 Å². The average molecular weight is 155 g/mol. The Hall–Kier alpha value is -1.36. The molecule has 60 valence electrons. The first kappa shape index (κ1) is 7.74. The third-order valence-corrected chi connectivity index (χ3v) is 1.35. The second kappa shape index (κ2) is 3.72. The lowest BCUT2D eigenvalue weighted by Crippen LogP contribution is -2.22. The number of imidazole rings is 1. The highest BCUT2D eigenvalue weighted by molar-refractivity contribution is 5.47. The lowest BCUT2D eigenvalue weighted by Gasteiger charge is -2.09. The van der Waals surface area contributed by atoms with Crippen LogP contribution >= 0.6 is 0 Å². The summed E-state index contributed by atoms with van der Waals surface area (Å²) in [5, 5.41) is 11.2. The van der Waals surface area contributed by atoms with Crippen LogP contribution in [0.3, 0.4) is 0 Å². The molecule has 0 saturated heterocycles. The van der Waals surface area contributed by atoms with E-state index in [-0.39, 0.29) is 12.6 Å². The van der Waals surface area contributed by atoms with E-state index in [1.165, 1.54) is 6.33 Å². The van der Waals surface area contributed by atoms with Crippen molar-refractivity contribution >= 4 is 6.41 Å². The predicted molar refractivity (Wildman–Crippen MR) is 37.6 cm³/mol. The number of H-pyrrole nitrogens is 1. The summed E-state index contributed by atoms with van der Waals surface area (Å²) in [6, 6.07) is -0.380. The van der Waals surface area contributed by atoms with E-state index in [4.69, 9.17) is 5.11 Å². The topological polar surface area (TPSA) is 78.0 Å². The van der Waals surface area contributed by atoms with Crippen LogP contribution in [0.1, 0.15) is 11.7 Å². The van der Waals surface area contributed by atoms with Crippen molar-refractivity contribution in [3.8, 4) is 0 Å². The minimum Gasteiger partial charge on any atom is -0.394 e. The molecular weight excluding hydrogens is 146 g/mol. The van der Waals surface area contributed by atoms with Gasteiger partial charge in [0.05, 0.1) is 30.9 Å². The van der Waals surface area contributed by atoms with E-state index in [1.54, 1.807) is 6.20 Å². The van der Waals surface area contributed by atoms with Crippen molar-refractivity contribution in [2.24, 2.45) is 0 Å². The highest BCUT2D eigenvalue weighted by Gasteiger charge is 2.08. The van der Waals surface area contributed by atoms with Gasteiger partial charge in [0.15, 0.2) is 0 Å². The summed E-state index contributed by atoms with van der Waals surface area (Å²) < 4.78 is 0. The maximum atomic E-state index is 10.0. The first-order valence-corrected chi connectivity index (χ1v) is 3.17. The Morgan fingerprint density at radius 2 is 2.73 bits per heavy atom. The van der Waals surface area contributed by atoms with Crippen LogP contribution in [-0.2, 0) is 4.79 Å². The van der Waals surface area contributed by atoms with Crippen LogP contribution in [0, 0.1) is 0 Å². The van der Waals surface area contributed by atoms with Crippen LogP contribution in [0.15, 0.2) is 12.5 Å². The molecular formula is C6H9N3O2. The second-order valence-corrected chi connectivity index (χ2v) is 2.03. The molecule has 1 heterocycles. The van der Waals surface area contributed by atoms with Gasteiger partial charge in [-0.05, 0) is 0 Å². The number of hydrogen-bond donors (Lipinski definition) is 3. The number of nitrogens with one attached hydrogen (secondary N) is 2. The second-order valence-electron chi connectivity index (χ2n) is 2.03. The molecule has 5 nitrogen and oxygen atoms in total. The molecule has 3 N–H and O–H groups in total. The van der Waals surface area contributed by atoms with Crippen molar-refractivity contribution in [1.82, 2.24) is 15.3 Å². The molecule has 5 heteroatoms. The normalized spacial score (nSPS) is 12.5. The molecule has 0 aliphatic carbocycles. The molecule has 1 aromatic heterocycles. The quantitative estimate of drug-likeness (QED) is 0.497. The number of aliphatic hydroxyl groups is 1. The van der Waals surface area contributed by atoms with E-state index in [2.05, 4.69) is 15.3 Å². The minimum atomic E-state index is -0.380. The first-order chi connectivity index (χ1) is 5.38. The summed E-state index contributed by atoms with van der Waals surface area (Å²) in [4.78, 5) is 16.5. The Bertz CT molecular complexity index is 210. The maximum Gasteiger partial charge on any atom is 0.207 e. The molecule has 0 unspecified atom stereocenters. The zero-order valence-corrected chi connectivity index (χ0v) is 5.82. The highest BCUT2D eigenvalue weighted by atomic mass is 16.3. The van der Waals surface area contributed by atoms with Gasteiger partial charge in [-0.1, -0.05) is 0 Å². The van der Waals surface area contributed by atoms with Gasteiger partial charge in [0.25, 0.3) is 0 Å². The Balaban J connectivity index is 2.62. The standard InChI is InChI=1S/C6H9N3O2/c10-2-6(9-4-11)5-1-7-3-8-5/h1,3-4,6,10H,2H2,(H,7,8)(H,9,11)/t6-/m0/s1. The van der Waals surface area contributed by atoms with E-state index in [0.29, 0.717) is 12.1 Å². The van der Waals surface area contributed by atoms with Gasteiger partial charge in [-0.15, -0.1) is 0 Å². The number of aromatic amines is 1. The van der Waals surface area contributed by atoms with Crippen molar-refractivity contribution in [3.63, 3.8) is 0 Å². The minimum absolute atomic E-state index is 0.138. The van der Waals surface area contributed by atoms with Crippen LogP contribution < -0.4 is 5.32 Å². The number of aliphatic hydroxyl groups excluding tert-OH is 1. The van der Waals surface area contributed by atoms with Crippen molar-refractivity contribution in [3.05, 3.63) is 18.2 Å². The fraction of sp³-hybridized carbons (Fsp3) is 0.333. The van der Waals surface area contributed by atoms with E-state index in [1.807, 2.05) is 0 Å². The molecule has 11 heavy (non-hydrogen) atoms. The number of hydrogen-bond acceptors (Lipinski definition) is 3. The molecule has 0 bridgehead atoms.